The third-order valence-corrected chi connectivity index (χ3v) is 5.05. The number of nitrogens with one attached hydrogen (secondary N) is 2. The van der Waals surface area contributed by atoms with Gasteiger partial charge in [0.1, 0.15) is 18.0 Å². The highest BCUT2D eigenvalue weighted by Gasteiger charge is 2.35. The molecule has 2 N–H and O–H groups in total. The lowest BCUT2D eigenvalue weighted by atomic mass is 9.79. The molecular weight excluding hydrogens is 446 g/mol. The van der Waals surface area contributed by atoms with Crippen LogP contribution in [0.5, 0.6) is 0 Å². The molecule has 1 aromatic heterocycles. The standard InChI is InChI=1S/C18H25FN6.HI/c1-20-17(21-11-16-23-13-24-25(16)2)22-12-18(9-3-4-10-18)14-5-7-15(19)8-6-14;/h5-8,13H,3-4,9-12H2,1-2H3,(H2,20,21,22);1H. The van der Waals surface area contributed by atoms with Crippen molar-refractivity contribution in [1.82, 2.24) is 25.4 Å². The van der Waals surface area contributed by atoms with Crippen LogP contribution in [0.4, 0.5) is 4.39 Å². The van der Waals surface area contributed by atoms with E-state index < -0.39 is 0 Å². The van der Waals surface area contributed by atoms with Crippen LogP contribution in [0.2, 0.25) is 0 Å². The van der Waals surface area contributed by atoms with E-state index in [2.05, 4.69) is 25.7 Å². The number of halogens is 2. The molecule has 0 unspecified atom stereocenters. The van der Waals surface area contributed by atoms with Crippen LogP contribution in [-0.2, 0) is 19.0 Å². The molecule has 0 saturated heterocycles. The van der Waals surface area contributed by atoms with E-state index in [-0.39, 0.29) is 35.2 Å². The van der Waals surface area contributed by atoms with Crippen molar-refractivity contribution in [1.29, 1.82) is 0 Å². The van der Waals surface area contributed by atoms with Gasteiger partial charge in [-0.1, -0.05) is 25.0 Å². The number of rotatable bonds is 5. The first-order valence-electron chi connectivity index (χ1n) is 8.66. The molecule has 142 valence electrons. The maximum atomic E-state index is 13.3. The second-order valence-electron chi connectivity index (χ2n) is 6.57. The Morgan fingerprint density at radius 1 is 1.23 bits per heavy atom. The summed E-state index contributed by atoms with van der Waals surface area (Å²) >= 11 is 0. The fourth-order valence-corrected chi connectivity index (χ4v) is 3.54. The lowest BCUT2D eigenvalue weighted by Crippen LogP contribution is -2.44. The van der Waals surface area contributed by atoms with Gasteiger partial charge in [0.05, 0.1) is 6.54 Å². The summed E-state index contributed by atoms with van der Waals surface area (Å²) in [5, 5.41) is 10.8. The molecule has 1 saturated carbocycles. The molecule has 26 heavy (non-hydrogen) atoms. The summed E-state index contributed by atoms with van der Waals surface area (Å²) in [7, 11) is 3.62. The number of hydrogen-bond donors (Lipinski definition) is 2. The number of aliphatic imine (C=N–C) groups is 1. The first kappa shape index (κ1) is 20.6. The van der Waals surface area contributed by atoms with Gasteiger partial charge in [-0.05, 0) is 30.5 Å². The molecule has 0 spiro atoms. The lowest BCUT2D eigenvalue weighted by molar-refractivity contribution is 0.430. The minimum absolute atomic E-state index is 0. The zero-order chi connectivity index (χ0) is 17.7. The number of hydrogen-bond acceptors (Lipinski definition) is 3. The average Bonchev–Trinajstić information content (AvgIpc) is 3.26. The van der Waals surface area contributed by atoms with Gasteiger partial charge in [0, 0.05) is 26.1 Å². The summed E-state index contributed by atoms with van der Waals surface area (Å²) in [5.74, 6) is 1.39. The van der Waals surface area contributed by atoms with E-state index in [4.69, 9.17) is 0 Å². The third kappa shape index (κ3) is 4.72. The predicted molar refractivity (Wildman–Crippen MR) is 111 cm³/mol. The van der Waals surface area contributed by atoms with Crippen LogP contribution in [0, 0.1) is 5.82 Å². The molecule has 1 aliphatic carbocycles. The van der Waals surface area contributed by atoms with Gasteiger partial charge in [0.25, 0.3) is 0 Å². The maximum Gasteiger partial charge on any atom is 0.191 e. The smallest absolute Gasteiger partial charge is 0.191 e. The molecule has 2 aromatic rings. The van der Waals surface area contributed by atoms with E-state index >= 15 is 0 Å². The van der Waals surface area contributed by atoms with E-state index in [1.54, 1.807) is 23.9 Å². The summed E-state index contributed by atoms with van der Waals surface area (Å²) in [6.07, 6.45) is 6.14. The van der Waals surface area contributed by atoms with E-state index in [9.17, 15) is 4.39 Å². The molecule has 1 aliphatic rings. The van der Waals surface area contributed by atoms with E-state index in [0.29, 0.717) is 6.54 Å². The Labute approximate surface area is 170 Å². The molecule has 3 rings (SSSR count). The van der Waals surface area contributed by atoms with Crippen LogP contribution < -0.4 is 10.6 Å². The van der Waals surface area contributed by atoms with Gasteiger partial charge in [-0.15, -0.1) is 24.0 Å². The number of aromatic nitrogens is 3. The highest BCUT2D eigenvalue weighted by atomic mass is 127. The Hall–Kier alpha value is -1.71. The van der Waals surface area contributed by atoms with Crippen molar-refractivity contribution in [2.75, 3.05) is 13.6 Å². The zero-order valence-corrected chi connectivity index (χ0v) is 17.5. The topological polar surface area (TPSA) is 67.1 Å². The Bertz CT molecular complexity index is 722. The van der Waals surface area contributed by atoms with Gasteiger partial charge in [0.2, 0.25) is 0 Å². The molecule has 1 fully saturated rings. The minimum Gasteiger partial charge on any atom is -0.356 e. The second kappa shape index (κ2) is 9.29. The largest absolute Gasteiger partial charge is 0.356 e. The monoisotopic (exact) mass is 472 g/mol. The first-order valence-corrected chi connectivity index (χ1v) is 8.66. The highest BCUT2D eigenvalue weighted by molar-refractivity contribution is 14.0. The van der Waals surface area contributed by atoms with Crippen LogP contribution in [0.3, 0.4) is 0 Å². The van der Waals surface area contributed by atoms with E-state index in [1.165, 1.54) is 24.7 Å². The fourth-order valence-electron chi connectivity index (χ4n) is 3.54. The summed E-state index contributed by atoms with van der Waals surface area (Å²) in [6.45, 7) is 1.33. The summed E-state index contributed by atoms with van der Waals surface area (Å²) in [6, 6.07) is 6.93. The highest BCUT2D eigenvalue weighted by Crippen LogP contribution is 2.40. The molecule has 0 radical (unpaired) electrons. The second-order valence-corrected chi connectivity index (χ2v) is 6.57. The van der Waals surface area contributed by atoms with Crippen molar-refractivity contribution in [2.24, 2.45) is 12.0 Å². The van der Waals surface area contributed by atoms with Crippen LogP contribution in [0.15, 0.2) is 35.6 Å². The van der Waals surface area contributed by atoms with Crippen molar-refractivity contribution in [3.8, 4) is 0 Å². The third-order valence-electron chi connectivity index (χ3n) is 5.05. The number of aryl methyl sites for hydroxylation is 1. The number of benzene rings is 1. The zero-order valence-electron chi connectivity index (χ0n) is 15.2. The van der Waals surface area contributed by atoms with E-state index in [0.717, 1.165) is 31.2 Å². The van der Waals surface area contributed by atoms with Crippen molar-refractivity contribution in [3.63, 3.8) is 0 Å². The Morgan fingerprint density at radius 3 is 2.50 bits per heavy atom. The van der Waals surface area contributed by atoms with Gasteiger partial charge < -0.3 is 10.6 Å². The molecule has 8 heteroatoms. The summed E-state index contributed by atoms with van der Waals surface area (Å²) in [5.41, 5.74) is 1.23. The molecule has 1 heterocycles. The van der Waals surface area contributed by atoms with Crippen LogP contribution in [-0.4, -0.2) is 34.3 Å². The molecule has 0 amide bonds. The molecule has 0 aliphatic heterocycles. The van der Waals surface area contributed by atoms with Gasteiger partial charge >= 0.3 is 0 Å². The Balaban J connectivity index is 0.00000243. The average molecular weight is 472 g/mol. The normalized spacial score (nSPS) is 16.2. The van der Waals surface area contributed by atoms with Gasteiger partial charge in [-0.3, -0.25) is 9.67 Å². The molecule has 1 aromatic carbocycles. The lowest BCUT2D eigenvalue weighted by Gasteiger charge is -2.30. The molecule has 6 nitrogen and oxygen atoms in total. The van der Waals surface area contributed by atoms with Gasteiger partial charge in [-0.2, -0.15) is 5.10 Å². The van der Waals surface area contributed by atoms with Gasteiger partial charge in [0.15, 0.2) is 5.96 Å². The maximum absolute atomic E-state index is 13.3. The quantitative estimate of drug-likeness (QED) is 0.399. The number of nitrogens with zero attached hydrogens (tertiary/aromatic N) is 4. The van der Waals surface area contributed by atoms with Crippen LogP contribution in [0.25, 0.3) is 0 Å². The minimum atomic E-state index is -0.189. The fraction of sp³-hybridized carbons (Fsp3) is 0.500. The van der Waals surface area contributed by atoms with Crippen molar-refractivity contribution >= 4 is 29.9 Å². The molecular formula is C18H26FIN6. The van der Waals surface area contributed by atoms with Crippen LogP contribution >= 0.6 is 24.0 Å². The number of guanidine groups is 1. The summed E-state index contributed by atoms with van der Waals surface area (Å²) < 4.78 is 15.0. The van der Waals surface area contributed by atoms with E-state index in [1.807, 2.05) is 19.2 Å². The Morgan fingerprint density at radius 2 is 1.92 bits per heavy atom. The van der Waals surface area contributed by atoms with Crippen LogP contribution in [0.1, 0.15) is 37.1 Å². The first-order chi connectivity index (χ1) is 12.1. The van der Waals surface area contributed by atoms with Crippen molar-refractivity contribution < 1.29 is 4.39 Å². The van der Waals surface area contributed by atoms with Crippen molar-refractivity contribution in [2.45, 2.75) is 37.6 Å². The predicted octanol–water partition coefficient (Wildman–Crippen LogP) is 2.75. The Kier molecular flexibility index (Phi) is 7.36. The van der Waals surface area contributed by atoms with Gasteiger partial charge in [-0.25, -0.2) is 9.37 Å². The summed E-state index contributed by atoms with van der Waals surface area (Å²) in [4.78, 5) is 8.49. The molecule has 0 bridgehead atoms. The SMILES string of the molecule is CN=C(NCc1ncnn1C)NCC1(c2ccc(F)cc2)CCCC1.I. The molecule has 0 atom stereocenters. The van der Waals surface area contributed by atoms with Crippen molar-refractivity contribution in [3.05, 3.63) is 47.8 Å².